The fourth-order valence-corrected chi connectivity index (χ4v) is 4.91. The van der Waals surface area contributed by atoms with Crippen LogP contribution in [0.15, 0.2) is 24.8 Å². The van der Waals surface area contributed by atoms with E-state index in [1.54, 1.807) is 17.3 Å². The third-order valence-corrected chi connectivity index (χ3v) is 9.11. The van der Waals surface area contributed by atoms with Crippen LogP contribution in [0, 0.1) is 0 Å². The molecule has 3 fully saturated rings. The molecule has 3 saturated heterocycles. The third-order valence-electron chi connectivity index (χ3n) is 9.11. The van der Waals surface area contributed by atoms with Crippen molar-refractivity contribution in [3.05, 3.63) is 24.8 Å². The summed E-state index contributed by atoms with van der Waals surface area (Å²) in [6, 6.07) is 0. The van der Waals surface area contributed by atoms with Crippen LogP contribution in [0.5, 0.6) is 0 Å². The maximum atomic E-state index is 12.2. The first-order valence-corrected chi connectivity index (χ1v) is 15.7. The van der Waals surface area contributed by atoms with Crippen molar-refractivity contribution in [3.63, 3.8) is 0 Å². The van der Waals surface area contributed by atoms with Crippen molar-refractivity contribution in [2.24, 2.45) is 0 Å². The van der Waals surface area contributed by atoms with E-state index >= 15 is 0 Å². The Morgan fingerprint density at radius 1 is 0.841 bits per heavy atom. The molecule has 1 N–H and O–H groups in total. The molecule has 5 rings (SSSR count). The molecule has 1 amide bonds. The third kappa shape index (κ3) is 8.25. The molecule has 5 heterocycles. The minimum atomic E-state index is -0.448. The van der Waals surface area contributed by atoms with Gasteiger partial charge in [0.25, 0.3) is 0 Å². The summed E-state index contributed by atoms with van der Waals surface area (Å²) in [6.45, 7) is 27.0. The van der Waals surface area contributed by atoms with Gasteiger partial charge in [-0.15, -0.1) is 0 Å². The van der Waals surface area contributed by atoms with E-state index in [-0.39, 0.29) is 42.7 Å². The molecule has 14 heteroatoms. The van der Waals surface area contributed by atoms with Gasteiger partial charge >= 0.3 is 20.3 Å². The summed E-state index contributed by atoms with van der Waals surface area (Å²) in [5.74, 6) is 0. The molecule has 12 nitrogen and oxygen atoms in total. The molecule has 44 heavy (non-hydrogen) atoms. The summed E-state index contributed by atoms with van der Waals surface area (Å²) >= 11 is 0. The Morgan fingerprint density at radius 3 is 1.84 bits per heavy atom. The van der Waals surface area contributed by atoms with Crippen LogP contribution in [0.4, 0.5) is 4.79 Å². The predicted octanol–water partition coefficient (Wildman–Crippen LogP) is 2.83. The number of nitrogens with zero attached hydrogens (tertiary/aromatic N) is 5. The summed E-state index contributed by atoms with van der Waals surface area (Å²) in [6.07, 6.45) is 8.15. The SMILES string of the molecule is CC(C)(C)OC(=O)N1CCN(CCCn2cc(B3OC(C)(C)C(C)(C)O3)cn2)CC1.CC1(C)OB(c2cn[nH]c2)OC1(C)C. The molecule has 0 atom stereocenters. The molecule has 0 saturated carbocycles. The number of H-pyrrole nitrogens is 1. The molecule has 244 valence electrons. The number of amides is 1. The van der Waals surface area contributed by atoms with Crippen LogP contribution in [0.2, 0.25) is 0 Å². The Kier molecular flexibility index (Phi) is 10.0. The molecule has 3 aliphatic rings. The van der Waals surface area contributed by atoms with Gasteiger partial charge in [0.2, 0.25) is 0 Å². The fraction of sp³-hybridized carbons (Fsp3) is 0.767. The first kappa shape index (κ1) is 34.5. The van der Waals surface area contributed by atoms with E-state index < -0.39 is 5.60 Å². The van der Waals surface area contributed by atoms with Gasteiger partial charge in [-0.3, -0.25) is 14.7 Å². The summed E-state index contributed by atoms with van der Waals surface area (Å²) in [5, 5.41) is 11.1. The smallest absolute Gasteiger partial charge is 0.444 e. The zero-order valence-corrected chi connectivity index (χ0v) is 28.6. The highest BCUT2D eigenvalue weighted by Crippen LogP contribution is 2.37. The lowest BCUT2D eigenvalue weighted by atomic mass is 9.82. The van der Waals surface area contributed by atoms with Crippen LogP contribution in [0.25, 0.3) is 0 Å². The monoisotopic (exact) mass is 614 g/mol. The second-order valence-electron chi connectivity index (χ2n) is 14.9. The van der Waals surface area contributed by atoms with Crippen molar-refractivity contribution in [2.45, 2.75) is 117 Å². The number of carbonyl (C=O) groups is 1. The minimum absolute atomic E-state index is 0.214. The number of piperazine rings is 1. The molecule has 2 aromatic rings. The molecule has 2 aromatic heterocycles. The Morgan fingerprint density at radius 2 is 1.36 bits per heavy atom. The van der Waals surface area contributed by atoms with Gasteiger partial charge in [0.15, 0.2) is 0 Å². The van der Waals surface area contributed by atoms with Gasteiger partial charge in [-0.25, -0.2) is 4.79 Å². The number of carbonyl (C=O) groups excluding carboxylic acids is 1. The largest absolute Gasteiger partial charge is 0.498 e. The van der Waals surface area contributed by atoms with Crippen molar-refractivity contribution in [1.29, 1.82) is 0 Å². The average Bonchev–Trinajstić information content (AvgIpc) is 3.66. The van der Waals surface area contributed by atoms with Crippen LogP contribution in [-0.2, 0) is 29.9 Å². The van der Waals surface area contributed by atoms with E-state index in [9.17, 15) is 4.79 Å². The van der Waals surface area contributed by atoms with E-state index in [2.05, 4.69) is 47.9 Å². The first-order chi connectivity index (χ1) is 20.3. The van der Waals surface area contributed by atoms with Crippen LogP contribution in [-0.4, -0.2) is 111 Å². The van der Waals surface area contributed by atoms with Crippen LogP contribution in [0.3, 0.4) is 0 Å². The molecule has 0 radical (unpaired) electrons. The Balaban J connectivity index is 0.000000262. The van der Waals surface area contributed by atoms with Crippen molar-refractivity contribution in [1.82, 2.24) is 29.8 Å². The summed E-state index contributed by atoms with van der Waals surface area (Å²) < 4.78 is 31.3. The fourth-order valence-electron chi connectivity index (χ4n) is 4.91. The Labute approximate surface area is 263 Å². The highest BCUT2D eigenvalue weighted by Gasteiger charge is 2.53. The normalized spacial score (nSPS) is 22.6. The number of ether oxygens (including phenoxy) is 1. The second-order valence-corrected chi connectivity index (χ2v) is 14.9. The van der Waals surface area contributed by atoms with Gasteiger partial charge in [0, 0.05) is 75.0 Å². The van der Waals surface area contributed by atoms with Gasteiger partial charge in [0.05, 0.1) is 22.4 Å². The number of aromatic nitrogens is 4. The lowest BCUT2D eigenvalue weighted by Gasteiger charge is -2.35. The summed E-state index contributed by atoms with van der Waals surface area (Å²) in [5.41, 5.74) is 0.187. The standard InChI is InChI=1S/C21H37BN4O4.C9H15BN2O2/c1-19(2,3)28-18(27)25-13-11-24(12-14-25)9-8-10-26-16-17(15-23-26)22-29-20(4,5)21(6,7)30-22;1-8(2)9(3,4)14-10(13-8)7-5-11-12-6-7/h15-16H,8-14H2,1-7H3;5-6H,1-4H3,(H,11,12). The minimum Gasteiger partial charge on any atom is -0.444 e. The maximum absolute atomic E-state index is 12.2. The second kappa shape index (κ2) is 12.8. The van der Waals surface area contributed by atoms with E-state index in [1.165, 1.54) is 0 Å². The van der Waals surface area contributed by atoms with E-state index in [1.807, 2.05) is 65.5 Å². The molecule has 0 bridgehead atoms. The number of hydrogen-bond donors (Lipinski definition) is 1. The maximum Gasteiger partial charge on any atom is 0.498 e. The predicted molar refractivity (Wildman–Crippen MR) is 171 cm³/mol. The summed E-state index contributed by atoms with van der Waals surface area (Å²) in [4.78, 5) is 16.4. The van der Waals surface area contributed by atoms with Gasteiger partial charge in [0.1, 0.15) is 5.60 Å². The Bertz CT molecular complexity index is 1200. The number of nitrogens with one attached hydrogen (secondary N) is 1. The molecule has 0 unspecified atom stereocenters. The van der Waals surface area contributed by atoms with Crippen LogP contribution in [0.1, 0.15) is 82.6 Å². The summed E-state index contributed by atoms with van der Waals surface area (Å²) in [7, 11) is -0.677. The molecule has 0 aliphatic carbocycles. The number of aryl methyl sites for hydroxylation is 1. The van der Waals surface area contributed by atoms with Gasteiger partial charge in [-0.1, -0.05) is 0 Å². The van der Waals surface area contributed by atoms with Gasteiger partial charge < -0.3 is 28.3 Å². The van der Waals surface area contributed by atoms with E-state index in [0.717, 1.165) is 43.5 Å². The first-order valence-electron chi connectivity index (χ1n) is 15.7. The van der Waals surface area contributed by atoms with Crippen molar-refractivity contribution in [2.75, 3.05) is 32.7 Å². The number of rotatable bonds is 6. The highest BCUT2D eigenvalue weighted by atomic mass is 16.7. The lowest BCUT2D eigenvalue weighted by molar-refractivity contribution is 0.00578. The lowest BCUT2D eigenvalue weighted by Crippen LogP contribution is -2.50. The number of hydrogen-bond acceptors (Lipinski definition) is 9. The number of aromatic amines is 1. The van der Waals surface area contributed by atoms with Crippen molar-refractivity contribution < 1.29 is 28.1 Å². The molecule has 0 aromatic carbocycles. The van der Waals surface area contributed by atoms with E-state index in [4.69, 9.17) is 23.4 Å². The highest BCUT2D eigenvalue weighted by molar-refractivity contribution is 6.62. The molecule has 0 spiro atoms. The van der Waals surface area contributed by atoms with Crippen molar-refractivity contribution in [3.8, 4) is 0 Å². The zero-order chi connectivity index (χ0) is 32.6. The molecule has 3 aliphatic heterocycles. The molecular weight excluding hydrogens is 562 g/mol. The topological polar surface area (TPSA) is 116 Å². The zero-order valence-electron chi connectivity index (χ0n) is 28.6. The van der Waals surface area contributed by atoms with Gasteiger partial charge in [-0.2, -0.15) is 10.2 Å². The quantitative estimate of drug-likeness (QED) is 0.491. The van der Waals surface area contributed by atoms with Crippen LogP contribution >= 0.6 is 0 Å². The van der Waals surface area contributed by atoms with E-state index in [0.29, 0.717) is 13.1 Å². The van der Waals surface area contributed by atoms with Crippen molar-refractivity contribution >= 4 is 31.3 Å². The van der Waals surface area contributed by atoms with Crippen LogP contribution < -0.4 is 10.9 Å². The molecular formula is C30H52B2N6O6. The van der Waals surface area contributed by atoms with Gasteiger partial charge in [-0.05, 0) is 82.6 Å². The average molecular weight is 614 g/mol. The Hall–Kier alpha value is -2.38.